The predicted octanol–water partition coefficient (Wildman–Crippen LogP) is 5.99. The molecule has 0 heterocycles. The van der Waals surface area contributed by atoms with E-state index in [1.54, 1.807) is 36.4 Å². The Kier molecular flexibility index (Phi) is 7.82. The van der Waals surface area contributed by atoms with Crippen molar-refractivity contribution in [1.29, 1.82) is 0 Å². The summed E-state index contributed by atoms with van der Waals surface area (Å²) >= 11 is 6.31. The van der Waals surface area contributed by atoms with E-state index in [2.05, 4.69) is 23.5 Å². The largest absolute Gasteiger partial charge is 0.348 e. The number of hydrogen-bond donors (Lipinski definition) is 1. The molecule has 35 heavy (non-hydrogen) atoms. The number of sulfonamides is 1. The molecule has 1 atom stereocenters. The molecule has 0 radical (unpaired) electrons. The molecule has 0 saturated carbocycles. The minimum absolute atomic E-state index is 0.117. The second-order valence-corrected chi connectivity index (χ2v) is 11.3. The average molecular weight is 511 g/mol. The molecule has 4 rings (SSSR count). The minimum Gasteiger partial charge on any atom is -0.348 e. The summed E-state index contributed by atoms with van der Waals surface area (Å²) in [6.07, 6.45) is 5.27. The van der Waals surface area contributed by atoms with Crippen LogP contribution in [0.25, 0.3) is 0 Å². The van der Waals surface area contributed by atoms with Crippen molar-refractivity contribution in [2.75, 3.05) is 10.8 Å². The molecule has 1 aliphatic rings. The molecular weight excluding hydrogens is 480 g/mol. The summed E-state index contributed by atoms with van der Waals surface area (Å²) in [5, 5.41) is 3.50. The third-order valence-electron chi connectivity index (χ3n) is 6.58. The number of halogens is 1. The first-order valence-corrected chi connectivity index (χ1v) is 13.9. The van der Waals surface area contributed by atoms with Crippen LogP contribution in [-0.2, 0) is 27.7 Å². The van der Waals surface area contributed by atoms with Gasteiger partial charge >= 0.3 is 0 Å². The number of aryl methyl sites for hydroxylation is 3. The summed E-state index contributed by atoms with van der Waals surface area (Å²) in [4.78, 5) is 13.4. The normalized spacial score (nSPS) is 14.1. The molecule has 184 valence electrons. The average Bonchev–Trinajstić information content (AvgIpc) is 2.87. The van der Waals surface area contributed by atoms with Crippen molar-refractivity contribution in [1.82, 2.24) is 5.32 Å². The maximum atomic E-state index is 13.6. The van der Waals surface area contributed by atoms with E-state index < -0.39 is 10.0 Å². The third kappa shape index (κ3) is 5.71. The van der Waals surface area contributed by atoms with Crippen molar-refractivity contribution < 1.29 is 13.2 Å². The molecule has 1 N–H and O–H groups in total. The highest BCUT2D eigenvalue weighted by molar-refractivity contribution is 7.92. The van der Waals surface area contributed by atoms with E-state index in [0.717, 1.165) is 28.3 Å². The first-order valence-electron chi connectivity index (χ1n) is 12.0. The van der Waals surface area contributed by atoms with Gasteiger partial charge in [0.2, 0.25) is 5.91 Å². The van der Waals surface area contributed by atoms with Gasteiger partial charge in [0.15, 0.2) is 0 Å². The fourth-order valence-electron chi connectivity index (χ4n) is 4.53. The maximum Gasteiger partial charge on any atom is 0.264 e. The molecule has 1 aliphatic carbocycles. The lowest BCUT2D eigenvalue weighted by atomic mass is 9.89. The van der Waals surface area contributed by atoms with Crippen molar-refractivity contribution in [2.24, 2.45) is 0 Å². The van der Waals surface area contributed by atoms with Gasteiger partial charge in [-0.3, -0.25) is 9.10 Å². The van der Waals surface area contributed by atoms with Crippen molar-refractivity contribution >= 4 is 33.2 Å². The SMILES string of the molecule is CCC(NC(=O)CN(c1ccc(C)c(Cl)c1)S(=O)(=O)c1ccccc1)c1ccc2c(c1)CCCC2. The number of rotatable bonds is 8. The van der Waals surface area contributed by atoms with Crippen LogP contribution in [0.5, 0.6) is 0 Å². The maximum absolute atomic E-state index is 13.6. The van der Waals surface area contributed by atoms with Gasteiger partial charge in [-0.25, -0.2) is 8.42 Å². The standard InChI is InChI=1S/C28H31ClN2O3S/c1-3-27(23-15-14-21-9-7-8-10-22(21)17-23)30-28(32)19-31(24-16-13-20(2)26(29)18-24)35(33,34)25-11-5-4-6-12-25/h4-6,11-18,27H,3,7-10,19H2,1-2H3,(H,30,32). The van der Waals surface area contributed by atoms with E-state index >= 15 is 0 Å². The van der Waals surface area contributed by atoms with Crippen LogP contribution in [0.1, 0.15) is 54.5 Å². The van der Waals surface area contributed by atoms with Crippen LogP contribution in [0.3, 0.4) is 0 Å². The van der Waals surface area contributed by atoms with Gasteiger partial charge in [-0.1, -0.05) is 61.0 Å². The van der Waals surface area contributed by atoms with E-state index in [-0.39, 0.29) is 23.4 Å². The van der Waals surface area contributed by atoms with Gasteiger partial charge in [0.25, 0.3) is 10.0 Å². The van der Waals surface area contributed by atoms with Gasteiger partial charge in [0.05, 0.1) is 16.6 Å². The van der Waals surface area contributed by atoms with Crippen LogP contribution in [0, 0.1) is 6.92 Å². The summed E-state index contributed by atoms with van der Waals surface area (Å²) in [7, 11) is -3.98. The Morgan fingerprint density at radius 2 is 1.71 bits per heavy atom. The Balaban J connectivity index is 1.61. The summed E-state index contributed by atoms with van der Waals surface area (Å²) < 4.78 is 28.2. The van der Waals surface area contributed by atoms with Gasteiger partial charge < -0.3 is 5.32 Å². The first kappa shape index (κ1) is 25.3. The first-order chi connectivity index (χ1) is 16.8. The number of amides is 1. The number of benzene rings is 3. The Morgan fingerprint density at radius 1 is 1.00 bits per heavy atom. The van der Waals surface area contributed by atoms with Gasteiger partial charge in [0, 0.05) is 5.02 Å². The third-order valence-corrected chi connectivity index (χ3v) is 8.78. The molecule has 7 heteroatoms. The van der Waals surface area contributed by atoms with Crippen molar-refractivity contribution in [2.45, 2.75) is 56.9 Å². The van der Waals surface area contributed by atoms with Crippen molar-refractivity contribution in [3.05, 3.63) is 94.0 Å². The summed E-state index contributed by atoms with van der Waals surface area (Å²) in [5.74, 6) is -0.370. The van der Waals surface area contributed by atoms with E-state index in [1.807, 2.05) is 13.8 Å². The molecule has 5 nitrogen and oxygen atoms in total. The van der Waals surface area contributed by atoms with Crippen LogP contribution >= 0.6 is 11.6 Å². The van der Waals surface area contributed by atoms with Gasteiger partial charge in [-0.05, 0) is 85.5 Å². The molecule has 3 aromatic carbocycles. The number of fused-ring (bicyclic) bond motifs is 1. The van der Waals surface area contributed by atoms with Crippen LogP contribution in [0.15, 0.2) is 71.6 Å². The molecule has 1 amide bonds. The Morgan fingerprint density at radius 3 is 2.40 bits per heavy atom. The fraction of sp³-hybridized carbons (Fsp3) is 0.321. The highest BCUT2D eigenvalue weighted by Gasteiger charge is 2.28. The molecule has 0 spiro atoms. The summed E-state index contributed by atoms with van der Waals surface area (Å²) in [6, 6.07) is 19.4. The number of nitrogens with one attached hydrogen (secondary N) is 1. The molecular formula is C28H31ClN2O3S. The summed E-state index contributed by atoms with van der Waals surface area (Å²) in [5.41, 5.74) is 4.97. The second kappa shape index (κ2) is 10.8. The second-order valence-electron chi connectivity index (χ2n) is 9.02. The van der Waals surface area contributed by atoms with Crippen LogP contribution < -0.4 is 9.62 Å². The van der Waals surface area contributed by atoms with Crippen LogP contribution in [-0.4, -0.2) is 20.9 Å². The monoisotopic (exact) mass is 510 g/mol. The van der Waals surface area contributed by atoms with Crippen LogP contribution in [0.4, 0.5) is 5.69 Å². The van der Waals surface area contributed by atoms with E-state index in [9.17, 15) is 13.2 Å². The van der Waals surface area contributed by atoms with E-state index in [0.29, 0.717) is 17.1 Å². The van der Waals surface area contributed by atoms with Gasteiger partial charge in [-0.15, -0.1) is 0 Å². The fourth-order valence-corrected chi connectivity index (χ4v) is 6.14. The quantitative estimate of drug-likeness (QED) is 0.404. The van der Waals surface area contributed by atoms with Gasteiger partial charge in [-0.2, -0.15) is 0 Å². The molecule has 1 unspecified atom stereocenters. The minimum atomic E-state index is -3.98. The number of hydrogen-bond acceptors (Lipinski definition) is 3. The number of carbonyl (C=O) groups excluding carboxylic acids is 1. The highest BCUT2D eigenvalue weighted by Crippen LogP contribution is 2.29. The predicted molar refractivity (Wildman–Crippen MR) is 141 cm³/mol. The molecule has 0 saturated heterocycles. The molecule has 0 aliphatic heterocycles. The lowest BCUT2D eigenvalue weighted by molar-refractivity contribution is -0.120. The molecule has 3 aromatic rings. The van der Waals surface area contributed by atoms with E-state index in [4.69, 9.17) is 11.6 Å². The van der Waals surface area contributed by atoms with Gasteiger partial charge in [0.1, 0.15) is 6.54 Å². The lowest BCUT2D eigenvalue weighted by Gasteiger charge is -2.26. The zero-order valence-corrected chi connectivity index (χ0v) is 21.7. The Bertz CT molecular complexity index is 1310. The Labute approximate surface area is 213 Å². The van der Waals surface area contributed by atoms with E-state index in [1.165, 1.54) is 36.1 Å². The lowest BCUT2D eigenvalue weighted by Crippen LogP contribution is -2.42. The highest BCUT2D eigenvalue weighted by atomic mass is 35.5. The summed E-state index contributed by atoms with van der Waals surface area (Å²) in [6.45, 7) is 3.51. The Hall–Kier alpha value is -2.83. The molecule has 0 fully saturated rings. The molecule has 0 aromatic heterocycles. The van der Waals surface area contributed by atoms with Crippen molar-refractivity contribution in [3.63, 3.8) is 0 Å². The zero-order chi connectivity index (χ0) is 25.0. The zero-order valence-electron chi connectivity index (χ0n) is 20.1. The number of anilines is 1. The topological polar surface area (TPSA) is 66.5 Å². The smallest absolute Gasteiger partial charge is 0.264 e. The number of carbonyl (C=O) groups is 1. The van der Waals surface area contributed by atoms with Crippen LogP contribution in [0.2, 0.25) is 5.02 Å². The number of nitrogens with zero attached hydrogens (tertiary/aromatic N) is 1. The molecule has 0 bridgehead atoms. The van der Waals surface area contributed by atoms with Crippen molar-refractivity contribution in [3.8, 4) is 0 Å².